The van der Waals surface area contributed by atoms with E-state index in [4.69, 9.17) is 0 Å². The Morgan fingerprint density at radius 2 is 0.911 bits per heavy atom. The monoisotopic (exact) mass is 772 g/mol. The van der Waals surface area contributed by atoms with Crippen LogP contribution in [0.25, 0.3) is 32.6 Å². The van der Waals surface area contributed by atoms with Gasteiger partial charge in [0.1, 0.15) is 23.5 Å². The van der Waals surface area contributed by atoms with Gasteiger partial charge in [-0.3, -0.25) is 9.80 Å². The Morgan fingerprint density at radius 1 is 0.518 bits per heavy atom. The molecule has 9 rings (SSSR count). The number of para-hydroxylation sites is 4. The van der Waals surface area contributed by atoms with Crippen molar-refractivity contribution in [1.29, 1.82) is 0 Å². The molecule has 0 N–H and O–H groups in total. The summed E-state index contributed by atoms with van der Waals surface area (Å²) in [6.07, 6.45) is 25.2. The highest BCUT2D eigenvalue weighted by Gasteiger charge is 2.34. The fourth-order valence-corrected chi connectivity index (χ4v) is 10.4. The van der Waals surface area contributed by atoms with Crippen molar-refractivity contribution in [2.45, 2.75) is 25.2 Å². The molecule has 8 heteroatoms. The second-order valence-electron chi connectivity index (χ2n) is 14.7. The molecule has 6 aromatic rings. The molecule has 4 aromatic carbocycles. The summed E-state index contributed by atoms with van der Waals surface area (Å²) in [6, 6.07) is 39.0. The Bertz CT molecular complexity index is 2320. The molecule has 6 nitrogen and oxygen atoms in total. The minimum atomic E-state index is 0.247. The van der Waals surface area contributed by atoms with Crippen LogP contribution >= 0.6 is 22.7 Å². The Balaban J connectivity index is 0.927. The highest BCUT2D eigenvalue weighted by atomic mass is 32.1. The number of aromatic nitrogens is 2. The van der Waals surface area contributed by atoms with Gasteiger partial charge in [0.15, 0.2) is 0 Å². The van der Waals surface area contributed by atoms with E-state index in [9.17, 15) is 0 Å². The molecule has 1 fully saturated rings. The minimum Gasteiger partial charge on any atom is -0.331 e. The maximum atomic E-state index is 2.70. The number of piperazine rings is 1. The normalized spacial score (nSPS) is 21.2. The summed E-state index contributed by atoms with van der Waals surface area (Å²) in [5.41, 5.74) is 7.73. The van der Waals surface area contributed by atoms with E-state index >= 15 is 0 Å². The SMILES string of the molecule is C[n+]1c(/C=C/C=C2/C=CN(c3ccccc3)C(N3CCN(C4C/C(=C\C=C\c5sc6ccccc6[n+]5C)C=CN4c4ccccc4)CC3)C2)sc2ccccc21. The molecule has 5 heterocycles. The first-order chi connectivity index (χ1) is 27.6. The van der Waals surface area contributed by atoms with Gasteiger partial charge in [-0.25, -0.2) is 0 Å². The lowest BCUT2D eigenvalue weighted by Crippen LogP contribution is -2.60. The first-order valence-electron chi connectivity index (χ1n) is 19.6. The summed E-state index contributed by atoms with van der Waals surface area (Å²) in [5.74, 6) is 0. The molecule has 0 aliphatic carbocycles. The molecule has 56 heavy (non-hydrogen) atoms. The van der Waals surface area contributed by atoms with E-state index in [-0.39, 0.29) is 12.3 Å². The average Bonchev–Trinajstić information content (AvgIpc) is 3.76. The van der Waals surface area contributed by atoms with E-state index in [0.29, 0.717) is 0 Å². The van der Waals surface area contributed by atoms with Gasteiger partial charge in [-0.1, -0.05) is 108 Å². The van der Waals surface area contributed by atoms with E-state index in [1.807, 2.05) is 22.7 Å². The van der Waals surface area contributed by atoms with Gasteiger partial charge in [0.25, 0.3) is 10.0 Å². The molecule has 0 saturated carbocycles. The van der Waals surface area contributed by atoms with Crippen molar-refractivity contribution < 1.29 is 9.13 Å². The van der Waals surface area contributed by atoms with Gasteiger partial charge in [-0.05, 0) is 59.7 Å². The quantitative estimate of drug-likeness (QED) is 0.144. The fourth-order valence-electron chi connectivity index (χ4n) is 8.25. The predicted octanol–water partition coefficient (Wildman–Crippen LogP) is 9.46. The molecule has 0 amide bonds. The molecular formula is C48H48N6S2+2. The first-order valence-corrected chi connectivity index (χ1v) is 21.2. The van der Waals surface area contributed by atoms with Crippen LogP contribution in [0.4, 0.5) is 11.4 Å². The third-order valence-electron chi connectivity index (χ3n) is 11.3. The van der Waals surface area contributed by atoms with Crippen LogP contribution < -0.4 is 18.9 Å². The van der Waals surface area contributed by atoms with Gasteiger partial charge in [0.05, 0.1) is 12.3 Å². The van der Waals surface area contributed by atoms with Crippen molar-refractivity contribution in [1.82, 2.24) is 9.80 Å². The number of hydrogen-bond donors (Lipinski definition) is 0. The van der Waals surface area contributed by atoms with Crippen molar-refractivity contribution in [3.8, 4) is 0 Å². The molecule has 0 bridgehead atoms. The molecule has 2 unspecified atom stereocenters. The summed E-state index contributed by atoms with van der Waals surface area (Å²) < 4.78 is 7.20. The summed E-state index contributed by atoms with van der Waals surface area (Å²) in [4.78, 5) is 10.4. The van der Waals surface area contributed by atoms with Crippen LogP contribution in [0.3, 0.4) is 0 Å². The molecule has 280 valence electrons. The number of hydrogen-bond acceptors (Lipinski definition) is 6. The lowest BCUT2D eigenvalue weighted by molar-refractivity contribution is -0.642. The van der Waals surface area contributed by atoms with E-state index in [1.54, 1.807) is 0 Å². The molecule has 2 aromatic heterocycles. The van der Waals surface area contributed by atoms with Gasteiger partial charge in [0, 0.05) is 87.1 Å². The lowest BCUT2D eigenvalue weighted by atomic mass is 10.0. The van der Waals surface area contributed by atoms with E-state index in [0.717, 1.165) is 39.0 Å². The smallest absolute Gasteiger partial charge is 0.262 e. The molecule has 2 atom stereocenters. The zero-order chi connectivity index (χ0) is 37.8. The fraction of sp³-hybridized carbons (Fsp3) is 0.208. The Kier molecular flexibility index (Phi) is 10.6. The topological polar surface area (TPSA) is 20.7 Å². The summed E-state index contributed by atoms with van der Waals surface area (Å²) in [6.45, 7) is 4.03. The van der Waals surface area contributed by atoms with Crippen LogP contribution in [0.1, 0.15) is 22.9 Å². The average molecular weight is 773 g/mol. The number of aryl methyl sites for hydroxylation is 2. The highest BCUT2D eigenvalue weighted by molar-refractivity contribution is 7.19. The van der Waals surface area contributed by atoms with Crippen molar-refractivity contribution in [3.63, 3.8) is 0 Å². The second kappa shape index (κ2) is 16.4. The van der Waals surface area contributed by atoms with Crippen LogP contribution in [-0.4, -0.2) is 48.3 Å². The van der Waals surface area contributed by atoms with E-state index in [1.165, 1.54) is 53.0 Å². The van der Waals surface area contributed by atoms with Gasteiger partial charge >= 0.3 is 0 Å². The maximum Gasteiger partial charge on any atom is 0.262 e. The second-order valence-corrected chi connectivity index (χ2v) is 16.8. The molecule has 0 radical (unpaired) electrons. The van der Waals surface area contributed by atoms with Crippen LogP contribution in [0.5, 0.6) is 0 Å². The third kappa shape index (κ3) is 7.58. The van der Waals surface area contributed by atoms with Crippen LogP contribution in [0, 0.1) is 0 Å². The standard InChI is InChI=1S/C48H48N6S2/c1-49-41-21-9-11-23-43(41)55-47(49)25-13-15-37-27-29-53(39-17-5-3-6-18-39)45(35-37)51-31-33-52(34-32-51)46-36-38(28-30-54(46)40-19-7-4-8-20-40)16-14-26-48-50(2)42-22-10-12-24-44(42)56-48/h3-30,45-46H,31-36H2,1-2H3/q+2. The van der Waals surface area contributed by atoms with Crippen LogP contribution in [0.15, 0.2) is 169 Å². The number of allylic oxidation sites excluding steroid dienone is 6. The van der Waals surface area contributed by atoms with Crippen LogP contribution in [0.2, 0.25) is 0 Å². The largest absolute Gasteiger partial charge is 0.331 e. The zero-order valence-corrected chi connectivity index (χ0v) is 33.7. The number of fused-ring (bicyclic) bond motifs is 2. The van der Waals surface area contributed by atoms with Crippen molar-refractivity contribution in [2.75, 3.05) is 36.0 Å². The number of rotatable bonds is 8. The van der Waals surface area contributed by atoms with Crippen molar-refractivity contribution in [3.05, 3.63) is 179 Å². The molecular weight excluding hydrogens is 725 g/mol. The maximum absolute atomic E-state index is 2.70. The number of nitrogens with zero attached hydrogens (tertiary/aromatic N) is 6. The lowest BCUT2D eigenvalue weighted by Gasteiger charge is -2.49. The molecule has 0 spiro atoms. The molecule has 3 aliphatic heterocycles. The predicted molar refractivity (Wildman–Crippen MR) is 236 cm³/mol. The summed E-state index contributed by atoms with van der Waals surface area (Å²) >= 11 is 3.68. The van der Waals surface area contributed by atoms with Gasteiger partial charge in [-0.15, -0.1) is 0 Å². The van der Waals surface area contributed by atoms with E-state index in [2.05, 4.69) is 213 Å². The Morgan fingerprint density at radius 3 is 1.32 bits per heavy atom. The Hall–Kier alpha value is -5.38. The van der Waals surface area contributed by atoms with Crippen LogP contribution in [-0.2, 0) is 14.1 Å². The first kappa shape index (κ1) is 36.3. The third-order valence-corrected chi connectivity index (χ3v) is 13.7. The molecule has 3 aliphatic rings. The zero-order valence-electron chi connectivity index (χ0n) is 32.1. The summed E-state index contributed by atoms with van der Waals surface area (Å²) in [7, 11) is 4.31. The number of anilines is 2. The number of thiazole rings is 2. The number of benzene rings is 4. The van der Waals surface area contributed by atoms with Gasteiger partial charge in [0.2, 0.25) is 11.0 Å². The molecule has 1 saturated heterocycles. The van der Waals surface area contributed by atoms with Crippen molar-refractivity contribution in [2.24, 2.45) is 14.1 Å². The summed E-state index contributed by atoms with van der Waals surface area (Å²) in [5, 5.41) is 2.51. The minimum absolute atomic E-state index is 0.247. The van der Waals surface area contributed by atoms with Crippen molar-refractivity contribution >= 4 is 66.6 Å². The Labute approximate surface area is 338 Å². The van der Waals surface area contributed by atoms with Gasteiger partial charge in [-0.2, -0.15) is 9.13 Å². The van der Waals surface area contributed by atoms with E-state index < -0.39 is 0 Å². The van der Waals surface area contributed by atoms with Gasteiger partial charge < -0.3 is 9.80 Å². The highest BCUT2D eigenvalue weighted by Crippen LogP contribution is 2.33.